The highest BCUT2D eigenvalue weighted by atomic mass is 32.2. The van der Waals surface area contributed by atoms with Crippen LogP contribution < -0.4 is 4.80 Å². The molecule has 6 nitrogen and oxygen atoms in total. The maximum absolute atomic E-state index is 13.0. The van der Waals surface area contributed by atoms with Crippen LogP contribution in [0.2, 0.25) is 0 Å². The normalized spacial score (nSPS) is 12.8. The zero-order chi connectivity index (χ0) is 24.3. The van der Waals surface area contributed by atoms with E-state index in [0.717, 1.165) is 33.8 Å². The molecule has 0 fully saturated rings. The number of aromatic nitrogens is 1. The fraction of sp³-hybridized carbons (Fsp3) is 0.308. The first-order valence-corrected chi connectivity index (χ1v) is 13.9. The van der Waals surface area contributed by atoms with E-state index in [2.05, 4.69) is 33.8 Å². The lowest BCUT2D eigenvalue weighted by atomic mass is 10.1. The van der Waals surface area contributed by atoms with Gasteiger partial charge in [-0.1, -0.05) is 55.5 Å². The summed E-state index contributed by atoms with van der Waals surface area (Å²) < 4.78 is 30.6. The third kappa shape index (κ3) is 4.58. The summed E-state index contributed by atoms with van der Waals surface area (Å²) in [6, 6.07) is 18.4. The molecule has 0 aliphatic rings. The molecule has 0 unspecified atom stereocenters. The molecule has 0 N–H and O–H groups in total. The first-order chi connectivity index (χ1) is 16.4. The van der Waals surface area contributed by atoms with E-state index in [1.54, 1.807) is 12.1 Å². The Balaban J connectivity index is 1.70. The van der Waals surface area contributed by atoms with Crippen molar-refractivity contribution in [3.8, 4) is 0 Å². The molecule has 8 heteroatoms. The molecule has 3 aromatic carbocycles. The third-order valence-corrected chi connectivity index (χ3v) is 8.72. The van der Waals surface area contributed by atoms with Gasteiger partial charge < -0.3 is 4.57 Å². The van der Waals surface area contributed by atoms with E-state index in [0.29, 0.717) is 30.0 Å². The Morgan fingerprint density at radius 3 is 2.26 bits per heavy atom. The van der Waals surface area contributed by atoms with E-state index < -0.39 is 10.0 Å². The number of aryl methyl sites for hydroxylation is 1. The van der Waals surface area contributed by atoms with Crippen molar-refractivity contribution in [1.82, 2.24) is 8.87 Å². The number of hydrogen-bond donors (Lipinski definition) is 0. The van der Waals surface area contributed by atoms with Crippen LogP contribution in [-0.4, -0.2) is 36.3 Å². The van der Waals surface area contributed by atoms with Crippen LogP contribution >= 0.6 is 11.3 Å². The van der Waals surface area contributed by atoms with Crippen molar-refractivity contribution >= 4 is 48.3 Å². The van der Waals surface area contributed by atoms with Gasteiger partial charge in [0.1, 0.15) is 0 Å². The molecule has 0 atom stereocenters. The number of hydrogen-bond acceptors (Lipinski definition) is 4. The van der Waals surface area contributed by atoms with Crippen molar-refractivity contribution in [2.75, 3.05) is 13.1 Å². The Kier molecular flexibility index (Phi) is 7.30. The fourth-order valence-corrected chi connectivity index (χ4v) is 6.88. The molecule has 0 aliphatic heterocycles. The number of rotatable bonds is 8. The summed E-state index contributed by atoms with van der Waals surface area (Å²) in [6.45, 7) is 7.59. The van der Waals surface area contributed by atoms with Gasteiger partial charge in [-0.2, -0.15) is 9.30 Å². The second kappa shape index (κ2) is 10.2. The number of nitrogens with zero attached hydrogens (tertiary/aromatic N) is 3. The molecular formula is C26H29N3O3S2. The predicted octanol–water partition coefficient (Wildman–Crippen LogP) is 5.43. The second-order valence-corrected chi connectivity index (χ2v) is 11.1. The molecule has 4 aromatic rings. The number of benzene rings is 3. The number of amides is 1. The van der Waals surface area contributed by atoms with Crippen molar-refractivity contribution in [1.29, 1.82) is 0 Å². The van der Waals surface area contributed by atoms with Gasteiger partial charge in [0.2, 0.25) is 10.0 Å². The number of sulfonamides is 1. The molecule has 1 amide bonds. The van der Waals surface area contributed by atoms with Gasteiger partial charge in [0, 0.05) is 30.6 Å². The zero-order valence-electron chi connectivity index (χ0n) is 19.7. The summed E-state index contributed by atoms with van der Waals surface area (Å²) in [4.78, 5) is 18.2. The van der Waals surface area contributed by atoms with Crippen molar-refractivity contribution in [2.45, 2.75) is 45.1 Å². The summed E-state index contributed by atoms with van der Waals surface area (Å²) in [5.41, 5.74) is 1.44. The maximum atomic E-state index is 13.0. The molecule has 0 bridgehead atoms. The molecule has 178 valence electrons. The first-order valence-electron chi connectivity index (χ1n) is 11.6. The highest BCUT2D eigenvalue weighted by Gasteiger charge is 2.23. The topological polar surface area (TPSA) is 71.7 Å². The van der Waals surface area contributed by atoms with Crippen LogP contribution in [0.4, 0.5) is 0 Å². The smallest absolute Gasteiger partial charge is 0.279 e. The van der Waals surface area contributed by atoms with Crippen LogP contribution in [0.1, 0.15) is 44.0 Å². The summed E-state index contributed by atoms with van der Waals surface area (Å²) in [7, 11) is -3.59. The van der Waals surface area contributed by atoms with Crippen molar-refractivity contribution in [3.63, 3.8) is 0 Å². The Morgan fingerprint density at radius 1 is 0.941 bits per heavy atom. The van der Waals surface area contributed by atoms with Gasteiger partial charge in [0.05, 0.1) is 15.1 Å². The standard InChI is InChI=1S/C26H29N3O3S2/c1-4-17-28(18-5-2)34(31,32)21-14-11-20(12-15-21)25(30)27-26-29(6-3)24-22-10-8-7-9-19(22)13-16-23(24)33-26/h7-16H,4-6,17-18H2,1-3H3. The quantitative estimate of drug-likeness (QED) is 0.327. The molecule has 0 radical (unpaired) electrons. The van der Waals surface area contributed by atoms with Gasteiger partial charge in [-0.15, -0.1) is 0 Å². The van der Waals surface area contributed by atoms with E-state index >= 15 is 0 Å². The third-order valence-electron chi connectivity index (χ3n) is 5.76. The Bertz CT molecular complexity index is 1490. The Morgan fingerprint density at radius 2 is 1.62 bits per heavy atom. The van der Waals surface area contributed by atoms with Gasteiger partial charge in [0.25, 0.3) is 5.91 Å². The van der Waals surface area contributed by atoms with E-state index in [-0.39, 0.29) is 10.8 Å². The molecule has 0 aliphatic carbocycles. The lowest BCUT2D eigenvalue weighted by Crippen LogP contribution is -2.32. The van der Waals surface area contributed by atoms with Crippen LogP contribution in [0.15, 0.2) is 70.6 Å². The van der Waals surface area contributed by atoms with Gasteiger partial charge in [-0.05, 0) is 55.5 Å². The predicted molar refractivity (Wildman–Crippen MR) is 139 cm³/mol. The SMILES string of the molecule is CCCN(CCC)S(=O)(=O)c1ccc(C(=O)N=c2sc3ccc4ccccc4c3n2CC)cc1. The number of carbonyl (C=O) groups is 1. The minimum atomic E-state index is -3.59. The van der Waals surface area contributed by atoms with Crippen LogP contribution in [-0.2, 0) is 16.6 Å². The molecule has 0 spiro atoms. The highest BCUT2D eigenvalue weighted by molar-refractivity contribution is 7.89. The van der Waals surface area contributed by atoms with Crippen molar-refractivity contribution < 1.29 is 13.2 Å². The van der Waals surface area contributed by atoms with E-state index in [1.807, 2.05) is 32.9 Å². The molecule has 4 rings (SSSR count). The molecule has 1 aromatic heterocycles. The molecule has 0 saturated heterocycles. The van der Waals surface area contributed by atoms with Crippen molar-refractivity contribution in [2.24, 2.45) is 4.99 Å². The monoisotopic (exact) mass is 495 g/mol. The van der Waals surface area contributed by atoms with Gasteiger partial charge in [-0.25, -0.2) is 8.42 Å². The average Bonchev–Trinajstić information content (AvgIpc) is 3.21. The summed E-state index contributed by atoms with van der Waals surface area (Å²) in [6.07, 6.45) is 1.49. The van der Waals surface area contributed by atoms with Gasteiger partial charge in [0.15, 0.2) is 4.80 Å². The number of fused-ring (bicyclic) bond motifs is 3. The molecule has 1 heterocycles. The fourth-order valence-electron chi connectivity index (χ4n) is 4.14. The molecule has 0 saturated carbocycles. The molecule has 34 heavy (non-hydrogen) atoms. The molecular weight excluding hydrogens is 466 g/mol. The van der Waals surface area contributed by atoms with Crippen molar-refractivity contribution in [3.05, 3.63) is 71.0 Å². The second-order valence-electron chi connectivity index (χ2n) is 8.11. The minimum absolute atomic E-state index is 0.197. The maximum Gasteiger partial charge on any atom is 0.279 e. The van der Waals surface area contributed by atoms with Crippen LogP contribution in [0, 0.1) is 0 Å². The summed E-state index contributed by atoms with van der Waals surface area (Å²) in [5.74, 6) is -0.388. The van der Waals surface area contributed by atoms with E-state index in [4.69, 9.17) is 0 Å². The average molecular weight is 496 g/mol. The Labute approximate surface area is 204 Å². The Hall–Kier alpha value is -2.81. The number of thiazole rings is 1. The van der Waals surface area contributed by atoms with Crippen LogP contribution in [0.25, 0.3) is 21.0 Å². The highest BCUT2D eigenvalue weighted by Crippen LogP contribution is 2.27. The van der Waals surface area contributed by atoms with E-state index in [1.165, 1.54) is 27.8 Å². The lowest BCUT2D eigenvalue weighted by molar-refractivity contribution is 0.0997. The largest absolute Gasteiger partial charge is 0.316 e. The lowest BCUT2D eigenvalue weighted by Gasteiger charge is -2.21. The minimum Gasteiger partial charge on any atom is -0.316 e. The van der Waals surface area contributed by atoms with Crippen LogP contribution in [0.3, 0.4) is 0 Å². The number of carbonyl (C=O) groups excluding carboxylic acids is 1. The van der Waals surface area contributed by atoms with Crippen LogP contribution in [0.5, 0.6) is 0 Å². The van der Waals surface area contributed by atoms with E-state index in [9.17, 15) is 13.2 Å². The van der Waals surface area contributed by atoms with Gasteiger partial charge >= 0.3 is 0 Å². The summed E-state index contributed by atoms with van der Waals surface area (Å²) >= 11 is 1.48. The summed E-state index contributed by atoms with van der Waals surface area (Å²) in [5, 5.41) is 2.27. The first kappa shape index (κ1) is 24.3. The van der Waals surface area contributed by atoms with Gasteiger partial charge in [-0.3, -0.25) is 4.79 Å². The zero-order valence-corrected chi connectivity index (χ0v) is 21.3.